The van der Waals surface area contributed by atoms with Gasteiger partial charge in [0.15, 0.2) is 0 Å². The second-order valence-electron chi connectivity index (χ2n) is 9.37. The van der Waals surface area contributed by atoms with E-state index in [9.17, 15) is 9.59 Å². The van der Waals surface area contributed by atoms with Gasteiger partial charge in [-0.15, -0.1) is 0 Å². The van der Waals surface area contributed by atoms with E-state index in [0.29, 0.717) is 19.6 Å². The lowest BCUT2D eigenvalue weighted by Crippen LogP contribution is -2.61. The van der Waals surface area contributed by atoms with Crippen molar-refractivity contribution >= 4 is 11.9 Å². The molecule has 0 aromatic heterocycles. The number of ether oxygens (including phenoxy) is 2. The van der Waals surface area contributed by atoms with E-state index in [-0.39, 0.29) is 29.9 Å². The van der Waals surface area contributed by atoms with Gasteiger partial charge in [0.05, 0.1) is 26.2 Å². The molecule has 2 fully saturated rings. The summed E-state index contributed by atoms with van der Waals surface area (Å²) >= 11 is 0. The Morgan fingerprint density at radius 1 is 1.06 bits per heavy atom. The van der Waals surface area contributed by atoms with Gasteiger partial charge in [0.1, 0.15) is 11.5 Å². The Balaban J connectivity index is 1.37. The first kappa shape index (κ1) is 22.6. The fourth-order valence-electron chi connectivity index (χ4n) is 6.06. The molecule has 180 valence electrons. The SMILES string of the molecule is COc1ccc(OC)c2c1CCN1C(=O)[C@H]3CCCN(C(=O)NCCc4ccccc4)[C@H]3C[C@H]21. The molecule has 7 nitrogen and oxygen atoms in total. The Labute approximate surface area is 201 Å². The highest BCUT2D eigenvalue weighted by atomic mass is 16.5. The van der Waals surface area contributed by atoms with Gasteiger partial charge in [0.2, 0.25) is 5.91 Å². The van der Waals surface area contributed by atoms with Crippen LogP contribution in [0.2, 0.25) is 0 Å². The molecule has 0 saturated carbocycles. The molecule has 0 spiro atoms. The summed E-state index contributed by atoms with van der Waals surface area (Å²) in [5.41, 5.74) is 3.35. The van der Waals surface area contributed by atoms with Gasteiger partial charge in [-0.25, -0.2) is 4.79 Å². The molecule has 0 bridgehead atoms. The van der Waals surface area contributed by atoms with Crippen LogP contribution < -0.4 is 14.8 Å². The number of carbonyl (C=O) groups is 2. The number of urea groups is 1. The monoisotopic (exact) mass is 463 g/mol. The second kappa shape index (κ2) is 9.57. The molecule has 3 aliphatic rings. The highest BCUT2D eigenvalue weighted by Crippen LogP contribution is 2.48. The van der Waals surface area contributed by atoms with Gasteiger partial charge in [0, 0.05) is 36.8 Å². The highest BCUT2D eigenvalue weighted by molar-refractivity contribution is 5.84. The van der Waals surface area contributed by atoms with Crippen LogP contribution in [0.15, 0.2) is 42.5 Å². The number of nitrogens with one attached hydrogen (secondary N) is 1. The molecule has 3 amide bonds. The third kappa shape index (κ3) is 3.97. The van der Waals surface area contributed by atoms with Gasteiger partial charge in [0.25, 0.3) is 0 Å². The summed E-state index contributed by atoms with van der Waals surface area (Å²) in [6.07, 6.45) is 3.94. The minimum atomic E-state index is -0.136. The molecule has 0 unspecified atom stereocenters. The number of benzene rings is 2. The zero-order valence-electron chi connectivity index (χ0n) is 20.0. The van der Waals surface area contributed by atoms with Crippen molar-refractivity contribution in [1.29, 1.82) is 0 Å². The quantitative estimate of drug-likeness (QED) is 0.736. The lowest BCUT2D eigenvalue weighted by atomic mass is 9.75. The highest BCUT2D eigenvalue weighted by Gasteiger charge is 2.49. The van der Waals surface area contributed by atoms with Crippen molar-refractivity contribution in [2.75, 3.05) is 33.9 Å². The van der Waals surface area contributed by atoms with Crippen molar-refractivity contribution in [2.24, 2.45) is 5.92 Å². The molecule has 2 saturated heterocycles. The first-order chi connectivity index (χ1) is 16.6. The number of methoxy groups -OCH3 is 2. The predicted molar refractivity (Wildman–Crippen MR) is 129 cm³/mol. The molecule has 2 aromatic carbocycles. The Morgan fingerprint density at radius 2 is 1.82 bits per heavy atom. The molecule has 0 aliphatic carbocycles. The van der Waals surface area contributed by atoms with Crippen molar-refractivity contribution < 1.29 is 19.1 Å². The Bertz CT molecular complexity index is 1060. The topological polar surface area (TPSA) is 71.1 Å². The van der Waals surface area contributed by atoms with E-state index in [1.807, 2.05) is 40.1 Å². The number of rotatable bonds is 5. The number of fused-ring (bicyclic) bond motifs is 4. The van der Waals surface area contributed by atoms with Crippen LogP contribution in [0.1, 0.15) is 42.0 Å². The maximum Gasteiger partial charge on any atom is 0.317 e. The number of nitrogens with zero attached hydrogens (tertiary/aromatic N) is 2. The Hall–Kier alpha value is -3.22. The summed E-state index contributed by atoms with van der Waals surface area (Å²) in [6, 6.07) is 13.7. The molecule has 5 rings (SSSR count). The fraction of sp³-hybridized carbons (Fsp3) is 0.481. The summed E-state index contributed by atoms with van der Waals surface area (Å²) < 4.78 is 11.3. The molecule has 1 N–H and O–H groups in total. The largest absolute Gasteiger partial charge is 0.496 e. The third-order valence-electron chi connectivity index (χ3n) is 7.66. The molecule has 3 atom stereocenters. The molecular formula is C27H33N3O4. The zero-order valence-corrected chi connectivity index (χ0v) is 20.0. The van der Waals surface area contributed by atoms with E-state index in [1.54, 1.807) is 14.2 Å². The minimum absolute atomic E-state index is 0.0690. The summed E-state index contributed by atoms with van der Waals surface area (Å²) in [4.78, 5) is 30.8. The average Bonchev–Trinajstić information content (AvgIpc) is 2.88. The number of piperidine rings is 2. The molecule has 0 radical (unpaired) electrons. The standard InChI is InChI=1S/C27H33N3O4/c1-33-23-10-11-24(34-2)25-20(23)13-16-29-22(25)17-21-19(26(29)31)9-6-15-30(21)27(32)28-14-12-18-7-4-3-5-8-18/h3-5,7-8,10-11,19,21-22H,6,9,12-17H2,1-2H3,(H,28,32)/t19-,21-,22+/m0/s1. The summed E-state index contributed by atoms with van der Waals surface area (Å²) in [5, 5.41) is 3.10. The van der Waals surface area contributed by atoms with Crippen LogP contribution in [0.3, 0.4) is 0 Å². The van der Waals surface area contributed by atoms with Crippen LogP contribution in [0.5, 0.6) is 11.5 Å². The lowest BCUT2D eigenvalue weighted by Gasteiger charge is -2.51. The predicted octanol–water partition coefficient (Wildman–Crippen LogP) is 3.57. The van der Waals surface area contributed by atoms with E-state index in [0.717, 1.165) is 54.7 Å². The summed E-state index contributed by atoms with van der Waals surface area (Å²) in [6.45, 7) is 1.93. The van der Waals surface area contributed by atoms with Crippen molar-refractivity contribution in [1.82, 2.24) is 15.1 Å². The molecule has 3 aliphatic heterocycles. The van der Waals surface area contributed by atoms with E-state index >= 15 is 0 Å². The lowest BCUT2D eigenvalue weighted by molar-refractivity contribution is -0.148. The minimum Gasteiger partial charge on any atom is -0.496 e. The molecular weight excluding hydrogens is 430 g/mol. The maximum atomic E-state index is 13.6. The molecule has 3 heterocycles. The number of hydrogen-bond donors (Lipinski definition) is 1. The third-order valence-corrected chi connectivity index (χ3v) is 7.66. The van der Waals surface area contributed by atoms with Gasteiger partial charge in [-0.05, 0) is 49.8 Å². The van der Waals surface area contributed by atoms with Crippen LogP contribution in [-0.2, 0) is 17.6 Å². The van der Waals surface area contributed by atoms with Crippen LogP contribution in [0.4, 0.5) is 4.79 Å². The van der Waals surface area contributed by atoms with Gasteiger partial charge < -0.3 is 24.6 Å². The Morgan fingerprint density at radius 3 is 2.59 bits per heavy atom. The van der Waals surface area contributed by atoms with Crippen LogP contribution in [-0.4, -0.2) is 61.6 Å². The van der Waals surface area contributed by atoms with Crippen LogP contribution in [0.25, 0.3) is 0 Å². The number of carbonyl (C=O) groups excluding carboxylic acids is 2. The van der Waals surface area contributed by atoms with Gasteiger partial charge in [-0.3, -0.25) is 4.79 Å². The number of amides is 3. The van der Waals surface area contributed by atoms with Gasteiger partial charge in [-0.1, -0.05) is 30.3 Å². The van der Waals surface area contributed by atoms with E-state index < -0.39 is 0 Å². The zero-order chi connectivity index (χ0) is 23.7. The number of likely N-dealkylation sites (tertiary alicyclic amines) is 1. The first-order valence-electron chi connectivity index (χ1n) is 12.2. The van der Waals surface area contributed by atoms with Crippen molar-refractivity contribution in [2.45, 2.75) is 44.2 Å². The van der Waals surface area contributed by atoms with Crippen molar-refractivity contribution in [3.8, 4) is 11.5 Å². The first-order valence-corrected chi connectivity index (χ1v) is 12.2. The normalized spacial score (nSPS) is 23.5. The van der Waals surface area contributed by atoms with Gasteiger partial charge in [-0.2, -0.15) is 0 Å². The Kier molecular flexibility index (Phi) is 6.35. The molecule has 2 aromatic rings. The van der Waals surface area contributed by atoms with E-state index in [1.165, 1.54) is 5.56 Å². The van der Waals surface area contributed by atoms with Crippen LogP contribution >= 0.6 is 0 Å². The summed E-state index contributed by atoms with van der Waals surface area (Å²) in [5.74, 6) is 1.65. The summed E-state index contributed by atoms with van der Waals surface area (Å²) in [7, 11) is 3.35. The molecule has 7 heteroatoms. The molecule has 34 heavy (non-hydrogen) atoms. The maximum absolute atomic E-state index is 13.6. The van der Waals surface area contributed by atoms with Gasteiger partial charge >= 0.3 is 6.03 Å². The number of hydrogen-bond acceptors (Lipinski definition) is 4. The second-order valence-corrected chi connectivity index (χ2v) is 9.37. The van der Waals surface area contributed by atoms with Crippen LogP contribution in [0, 0.1) is 5.92 Å². The fourth-order valence-corrected chi connectivity index (χ4v) is 6.06. The van der Waals surface area contributed by atoms with Crippen molar-refractivity contribution in [3.05, 3.63) is 59.2 Å². The smallest absolute Gasteiger partial charge is 0.317 e. The van der Waals surface area contributed by atoms with E-state index in [4.69, 9.17) is 9.47 Å². The van der Waals surface area contributed by atoms with E-state index in [2.05, 4.69) is 17.4 Å². The average molecular weight is 464 g/mol. The van der Waals surface area contributed by atoms with Crippen molar-refractivity contribution in [3.63, 3.8) is 0 Å².